The Bertz CT molecular complexity index is 6130. The van der Waals surface area contributed by atoms with Crippen LogP contribution in [0.1, 0.15) is 87.2 Å². The van der Waals surface area contributed by atoms with Crippen LogP contribution in [0.4, 0.5) is 4.39 Å². The molecular weight excluding hydrogens is 1900 g/mol. The zero-order valence-electron chi connectivity index (χ0n) is 61.0. The van der Waals surface area contributed by atoms with E-state index in [0.717, 1.165) is 127 Å². The Kier molecular flexibility index (Phi) is 24.7. The maximum atomic E-state index is 12.8. The molecule has 0 fully saturated rings. The van der Waals surface area contributed by atoms with Gasteiger partial charge >= 0.3 is 0 Å². The normalized spacial score (nSPS) is 11.0. The third kappa shape index (κ3) is 15.6. The molecule has 20 rings (SSSR count). The Morgan fingerprint density at radius 3 is 1.12 bits per heavy atom. The molecule has 7 aromatic carbocycles. The van der Waals surface area contributed by atoms with Gasteiger partial charge in [-0.3, -0.25) is 24.3 Å². The molecule has 14 nitrogen and oxygen atoms in total. The summed E-state index contributed by atoms with van der Waals surface area (Å²) < 4.78 is 19.6. The van der Waals surface area contributed by atoms with Gasteiger partial charge in [-0.15, -0.1) is 83.4 Å². The molecule has 1 N–H and O–H groups in total. The number of hydrogen-bond acceptors (Lipinski definition) is 11. The number of aliphatic hydroxyl groups is 1. The quantitative estimate of drug-likeness (QED) is 0.0958. The van der Waals surface area contributed by atoms with E-state index in [1.807, 2.05) is 98.3 Å². The molecule has 13 aromatic heterocycles. The average molecular weight is 1970 g/mol. The van der Waals surface area contributed by atoms with E-state index < -0.39 is 0 Å². The second-order valence-corrected chi connectivity index (χ2v) is 26.5. The van der Waals surface area contributed by atoms with Crippen molar-refractivity contribution < 1.29 is 69.8 Å². The van der Waals surface area contributed by atoms with Gasteiger partial charge in [0.25, 0.3) is 0 Å². The fourth-order valence-electron chi connectivity index (χ4n) is 13.8. The van der Waals surface area contributed by atoms with Crippen molar-refractivity contribution in [2.75, 3.05) is 0 Å². The zero-order valence-corrected chi connectivity index (χ0v) is 68.2. The number of aryl methyl sites for hydroxylation is 1. The fourth-order valence-corrected chi connectivity index (χ4v) is 13.8. The fraction of sp³-hybridized carbons (Fsp3) is 0.109. The minimum atomic E-state index is -0.262. The molecule has 110 heavy (non-hydrogen) atoms. The van der Waals surface area contributed by atoms with Gasteiger partial charge in [-0.25, -0.2) is 0 Å². The predicted molar refractivity (Wildman–Crippen MR) is 431 cm³/mol. The first kappa shape index (κ1) is 78.0. The summed E-state index contributed by atoms with van der Waals surface area (Å²) in [5.74, 6) is 1.02. The number of hydrogen-bond donors (Lipinski definition) is 1. The number of halogens is 1. The summed E-state index contributed by atoms with van der Waals surface area (Å²) in [6.07, 6.45) is 14.0. The van der Waals surface area contributed by atoms with Crippen LogP contribution in [0.3, 0.4) is 0 Å². The number of imidazole rings is 3. The summed E-state index contributed by atoms with van der Waals surface area (Å²) in [4.78, 5) is 44.8. The standard InChI is InChI=1S/3C21H16N3.C12H9FN.C10H7N2.C7H7NO.3Ir/c3*1-13(2)14-7-5-11-18-19(14)20-15(8-6-12-22-20)21-23-16-9-3-4-10-17(16)24(18)21;1-9-8-10(13)5-6-11(9)12-4-2-3-7-14-12;1-2-7-12-10(5-1)9-4-3-6-11-8-9;1-6(9)7-4-2-3-5-8-7;;;/h3*3-7,9-13H,1-2H3;2-5,7-8H,1H3;1-3,5-8H;2-5,9H,1H2;;;/q5*-1;;;;. The molecule has 0 aliphatic rings. The van der Waals surface area contributed by atoms with Crippen LogP contribution in [-0.4, -0.2) is 68.1 Å². The number of para-hydroxylation sites is 6. The van der Waals surface area contributed by atoms with Crippen LogP contribution in [0.25, 0.3) is 144 Å². The van der Waals surface area contributed by atoms with E-state index in [9.17, 15) is 4.39 Å². The number of pyridine rings is 10. The van der Waals surface area contributed by atoms with Crippen LogP contribution in [0.2, 0.25) is 0 Å². The van der Waals surface area contributed by atoms with Gasteiger partial charge in [-0.2, -0.15) is 0 Å². The van der Waals surface area contributed by atoms with Gasteiger partial charge in [0.2, 0.25) is 0 Å². The van der Waals surface area contributed by atoms with E-state index in [2.05, 4.69) is 236 Å². The topological polar surface area (TPSA) is 162 Å². The van der Waals surface area contributed by atoms with Crippen LogP contribution in [0.15, 0.2) is 275 Å². The van der Waals surface area contributed by atoms with E-state index in [1.54, 1.807) is 55.2 Å². The first-order chi connectivity index (χ1) is 52.3. The van der Waals surface area contributed by atoms with E-state index in [-0.39, 0.29) is 71.9 Å². The number of nitrogens with zero attached hydrogens (tertiary/aromatic N) is 13. The summed E-state index contributed by atoms with van der Waals surface area (Å²) in [5, 5.41) is 15.3. The smallest absolute Gasteiger partial charge is 0.134 e. The largest absolute Gasteiger partial charge is 0.506 e. The van der Waals surface area contributed by atoms with E-state index in [4.69, 9.17) is 20.1 Å². The van der Waals surface area contributed by atoms with E-state index >= 15 is 0 Å². The molecule has 0 unspecified atom stereocenters. The zero-order chi connectivity index (χ0) is 73.7. The van der Waals surface area contributed by atoms with Crippen molar-refractivity contribution in [3.05, 3.63) is 339 Å². The Morgan fingerprint density at radius 1 is 0.400 bits per heavy atom. The van der Waals surface area contributed by atoms with Crippen molar-refractivity contribution in [3.8, 4) is 22.5 Å². The summed E-state index contributed by atoms with van der Waals surface area (Å²) in [6, 6.07) is 87.2. The Balaban J connectivity index is 0.000000126. The third-order valence-electron chi connectivity index (χ3n) is 18.6. The van der Waals surface area contributed by atoms with E-state index in [0.29, 0.717) is 23.4 Å². The molecule has 0 bridgehead atoms. The molecule has 18 heteroatoms. The third-order valence-corrected chi connectivity index (χ3v) is 18.6. The van der Waals surface area contributed by atoms with Gasteiger partial charge in [0.15, 0.2) is 0 Å². The van der Waals surface area contributed by atoms with Crippen molar-refractivity contribution in [3.63, 3.8) is 0 Å². The molecule has 20 aromatic rings. The summed E-state index contributed by atoms with van der Waals surface area (Å²) >= 11 is 0. The average Bonchev–Trinajstić information content (AvgIpc) is 1.54. The molecular formula is C92H71FIr3N13O-5. The molecule has 0 saturated heterocycles. The second-order valence-electron chi connectivity index (χ2n) is 26.5. The van der Waals surface area contributed by atoms with Gasteiger partial charge in [0, 0.05) is 101 Å². The maximum absolute atomic E-state index is 12.8. The van der Waals surface area contributed by atoms with Gasteiger partial charge in [-0.05, 0) is 157 Å². The van der Waals surface area contributed by atoms with Gasteiger partial charge in [0.05, 0.1) is 50.0 Å². The van der Waals surface area contributed by atoms with Crippen LogP contribution >= 0.6 is 0 Å². The maximum Gasteiger partial charge on any atom is 0.134 e. The molecule has 0 amide bonds. The Labute approximate surface area is 676 Å². The van der Waals surface area contributed by atoms with Crippen LogP contribution in [-0.2, 0) is 60.3 Å². The Hall–Kier alpha value is -11.6. The molecule has 0 saturated carbocycles. The predicted octanol–water partition coefficient (Wildman–Crippen LogP) is 21.9. The molecule has 3 radical (unpaired) electrons. The second kappa shape index (κ2) is 34.8. The monoisotopic (exact) mass is 1970 g/mol. The number of aliphatic hydroxyl groups excluding tert-OH is 1. The number of fused-ring (bicyclic) bond motifs is 24. The van der Waals surface area contributed by atoms with Crippen molar-refractivity contribution in [1.82, 2.24) is 63.0 Å². The van der Waals surface area contributed by atoms with Gasteiger partial charge in [0.1, 0.15) is 11.5 Å². The molecule has 0 aliphatic carbocycles. The number of rotatable bonds is 6. The minimum absolute atomic E-state index is 0. The van der Waals surface area contributed by atoms with Crippen molar-refractivity contribution in [1.29, 1.82) is 0 Å². The van der Waals surface area contributed by atoms with Crippen molar-refractivity contribution in [2.24, 2.45) is 0 Å². The molecule has 0 atom stereocenters. The van der Waals surface area contributed by atoms with Crippen LogP contribution in [0, 0.1) is 43.1 Å². The molecule has 549 valence electrons. The molecule has 0 spiro atoms. The van der Waals surface area contributed by atoms with Crippen LogP contribution < -0.4 is 0 Å². The van der Waals surface area contributed by atoms with E-state index in [1.165, 1.54) is 45.0 Å². The van der Waals surface area contributed by atoms with Crippen molar-refractivity contribution >= 4 is 121 Å². The first-order valence-corrected chi connectivity index (χ1v) is 35.4. The Morgan fingerprint density at radius 2 is 0.773 bits per heavy atom. The first-order valence-electron chi connectivity index (χ1n) is 35.4. The summed E-state index contributed by atoms with van der Waals surface area (Å²) in [5.41, 5.74) is 24.4. The molecule has 0 aliphatic heterocycles. The summed E-state index contributed by atoms with van der Waals surface area (Å²) in [6.45, 7) is 18.5. The summed E-state index contributed by atoms with van der Waals surface area (Å²) in [7, 11) is 0. The van der Waals surface area contributed by atoms with Crippen LogP contribution in [0.5, 0.6) is 0 Å². The molecule has 13 heterocycles. The van der Waals surface area contributed by atoms with Gasteiger partial charge < -0.3 is 48.2 Å². The van der Waals surface area contributed by atoms with Gasteiger partial charge in [-0.1, -0.05) is 205 Å². The number of aromatic nitrogens is 13. The number of benzene rings is 7. The minimum Gasteiger partial charge on any atom is -0.506 e. The SMILES string of the molecule is C=C(O)c1ccccn1.CC(C)c1cccc2c1c1ncc[c-]c1c1nc3ccccc3n21.CC(C)c1cccc2c1c1ncc[c-]c1c1nc3ccccc3n21.CC(C)c1cccc2c1c1ncc[c-]c1c1nc3ccccc3n21.Cc1cc(F)c[c-]c1-c1ccccn1.[Ir].[Ir].[Ir].[c-]1ccncc1-c1ccccn1. The van der Waals surface area contributed by atoms with Crippen molar-refractivity contribution in [2.45, 2.75) is 66.2 Å².